The number of aliphatic imine (C=N–C) groups is 1. The fourth-order valence-electron chi connectivity index (χ4n) is 6.05. The first-order valence-electron chi connectivity index (χ1n) is 13.1. The van der Waals surface area contributed by atoms with Crippen LogP contribution in [0.3, 0.4) is 0 Å². The Morgan fingerprint density at radius 3 is 2.37 bits per heavy atom. The van der Waals surface area contributed by atoms with Gasteiger partial charge in [-0.1, -0.05) is 29.8 Å². The maximum absolute atomic E-state index is 13.9. The average molecular weight is 517 g/mol. The summed E-state index contributed by atoms with van der Waals surface area (Å²) >= 11 is 0. The maximum atomic E-state index is 13.9. The Balaban J connectivity index is 1.90. The van der Waals surface area contributed by atoms with Gasteiger partial charge in [0.15, 0.2) is 5.78 Å². The summed E-state index contributed by atoms with van der Waals surface area (Å²) in [4.78, 5) is 46.5. The minimum Gasteiger partial charge on any atom is -0.508 e. The molecule has 2 aromatic carbocycles. The highest BCUT2D eigenvalue weighted by molar-refractivity contribution is 6.14. The molecule has 1 aliphatic carbocycles. The summed E-state index contributed by atoms with van der Waals surface area (Å²) in [6, 6.07) is 10.9. The molecule has 2 aliphatic rings. The van der Waals surface area contributed by atoms with Gasteiger partial charge in [-0.15, -0.1) is 0 Å². The number of amides is 1. The molecule has 1 amide bonds. The van der Waals surface area contributed by atoms with Crippen molar-refractivity contribution in [1.82, 2.24) is 4.90 Å². The SMILES string of the molecule is CCOC(=O)C1C(CC(=O)N(C)C)=NC2=C(C(=O)CC(c3c(C)cc(C)cc3C)C2)C1c1cccc(O)c1. The number of hydrogen-bond donors (Lipinski definition) is 1. The second kappa shape index (κ2) is 10.9. The molecule has 0 bridgehead atoms. The average Bonchev–Trinajstić information content (AvgIpc) is 2.82. The van der Waals surface area contributed by atoms with Crippen LogP contribution in [0.2, 0.25) is 0 Å². The fourth-order valence-corrected chi connectivity index (χ4v) is 6.05. The third-order valence-corrected chi connectivity index (χ3v) is 7.51. The lowest BCUT2D eigenvalue weighted by molar-refractivity contribution is -0.146. The molecule has 0 saturated carbocycles. The van der Waals surface area contributed by atoms with Crippen LogP contribution in [0.4, 0.5) is 0 Å². The van der Waals surface area contributed by atoms with Gasteiger partial charge >= 0.3 is 5.97 Å². The highest BCUT2D eigenvalue weighted by Gasteiger charge is 2.46. The smallest absolute Gasteiger partial charge is 0.315 e. The first-order chi connectivity index (χ1) is 18.0. The molecule has 7 heteroatoms. The number of benzene rings is 2. The molecule has 3 atom stereocenters. The number of phenolic OH excluding ortho intramolecular Hbond substituents is 1. The highest BCUT2D eigenvalue weighted by atomic mass is 16.5. The van der Waals surface area contributed by atoms with Crippen LogP contribution in [0, 0.1) is 26.7 Å². The van der Waals surface area contributed by atoms with Crippen molar-refractivity contribution >= 4 is 23.4 Å². The predicted octanol–water partition coefficient (Wildman–Crippen LogP) is 4.91. The van der Waals surface area contributed by atoms with E-state index >= 15 is 0 Å². The first kappa shape index (κ1) is 27.3. The second-order valence-corrected chi connectivity index (χ2v) is 10.6. The molecule has 200 valence electrons. The maximum Gasteiger partial charge on any atom is 0.315 e. The molecule has 2 aromatic rings. The second-order valence-electron chi connectivity index (χ2n) is 10.6. The number of rotatable bonds is 6. The Hall–Kier alpha value is -3.74. The van der Waals surface area contributed by atoms with Gasteiger partial charge in [-0.3, -0.25) is 19.4 Å². The van der Waals surface area contributed by atoms with Crippen LogP contribution in [-0.2, 0) is 19.1 Å². The summed E-state index contributed by atoms with van der Waals surface area (Å²) in [6.45, 7) is 8.08. The summed E-state index contributed by atoms with van der Waals surface area (Å²) in [5.74, 6) is -2.46. The van der Waals surface area contributed by atoms with Crippen molar-refractivity contribution in [2.45, 2.75) is 58.8 Å². The van der Waals surface area contributed by atoms with Crippen LogP contribution >= 0.6 is 0 Å². The van der Waals surface area contributed by atoms with E-state index in [9.17, 15) is 19.5 Å². The molecule has 0 spiro atoms. The normalized spacial score (nSPS) is 21.1. The number of aromatic hydroxyl groups is 1. The molecule has 0 aromatic heterocycles. The Morgan fingerprint density at radius 2 is 1.76 bits per heavy atom. The molecule has 3 unspecified atom stereocenters. The van der Waals surface area contributed by atoms with Crippen molar-refractivity contribution in [2.75, 3.05) is 20.7 Å². The molecule has 1 aliphatic heterocycles. The number of hydrogen-bond acceptors (Lipinski definition) is 6. The molecule has 1 N–H and O–H groups in total. The largest absolute Gasteiger partial charge is 0.508 e. The predicted molar refractivity (Wildman–Crippen MR) is 146 cm³/mol. The van der Waals surface area contributed by atoms with Crippen LogP contribution in [0.5, 0.6) is 5.75 Å². The lowest BCUT2D eigenvalue weighted by Gasteiger charge is -2.37. The van der Waals surface area contributed by atoms with Gasteiger partial charge in [0, 0.05) is 43.4 Å². The third kappa shape index (κ3) is 5.28. The number of phenols is 1. The van der Waals surface area contributed by atoms with E-state index in [-0.39, 0.29) is 36.4 Å². The summed E-state index contributed by atoms with van der Waals surface area (Å²) in [7, 11) is 3.32. The number of allylic oxidation sites excluding steroid dienone is 2. The minimum absolute atomic E-state index is 0.0349. The van der Waals surface area contributed by atoms with Crippen molar-refractivity contribution in [3.63, 3.8) is 0 Å². The van der Waals surface area contributed by atoms with Crippen molar-refractivity contribution in [1.29, 1.82) is 0 Å². The number of ketones is 1. The van der Waals surface area contributed by atoms with Crippen molar-refractivity contribution in [2.24, 2.45) is 10.9 Å². The van der Waals surface area contributed by atoms with Gasteiger partial charge < -0.3 is 14.7 Å². The van der Waals surface area contributed by atoms with Crippen LogP contribution in [-0.4, -0.2) is 54.1 Å². The molecular formula is C31H36N2O5. The number of Topliss-reactive ketones (excluding diaryl/α,β-unsaturated/α-hetero) is 1. The molecule has 1 heterocycles. The van der Waals surface area contributed by atoms with E-state index < -0.39 is 17.8 Å². The standard InChI is InChI=1S/C31H36N2O5/c1-7-38-31(37)30-24(16-26(36)33(5)6)32-23-14-21(27-18(3)11-17(2)12-19(27)4)15-25(35)29(23)28(30)20-9-8-10-22(34)13-20/h8-13,21,28,30,34H,7,14-16H2,1-6H3. The van der Waals surface area contributed by atoms with E-state index in [0.29, 0.717) is 35.4 Å². The van der Waals surface area contributed by atoms with Gasteiger partial charge in [0.25, 0.3) is 0 Å². The number of aryl methyl sites for hydroxylation is 3. The number of ether oxygens (including phenoxy) is 1. The van der Waals surface area contributed by atoms with Crippen LogP contribution in [0.1, 0.15) is 65.8 Å². The van der Waals surface area contributed by atoms with E-state index in [0.717, 1.165) is 16.7 Å². The first-order valence-corrected chi connectivity index (χ1v) is 13.1. The molecular weight excluding hydrogens is 480 g/mol. The highest BCUT2D eigenvalue weighted by Crippen LogP contribution is 2.48. The summed E-state index contributed by atoms with van der Waals surface area (Å²) < 4.78 is 5.44. The van der Waals surface area contributed by atoms with Gasteiger partial charge in [-0.25, -0.2) is 0 Å². The molecule has 4 rings (SSSR count). The quantitative estimate of drug-likeness (QED) is 0.550. The van der Waals surface area contributed by atoms with Crippen molar-refractivity contribution < 1.29 is 24.2 Å². The topological polar surface area (TPSA) is 96.3 Å². The zero-order chi connectivity index (χ0) is 27.7. The minimum atomic E-state index is -0.942. The monoisotopic (exact) mass is 516 g/mol. The van der Waals surface area contributed by atoms with E-state index in [2.05, 4.69) is 32.9 Å². The lowest BCUT2D eigenvalue weighted by atomic mass is 9.68. The fraction of sp³-hybridized carbons (Fsp3) is 0.419. The number of esters is 1. The molecule has 7 nitrogen and oxygen atoms in total. The zero-order valence-corrected chi connectivity index (χ0v) is 23.0. The van der Waals surface area contributed by atoms with Gasteiger partial charge in [0.2, 0.25) is 5.91 Å². The van der Waals surface area contributed by atoms with E-state index in [1.54, 1.807) is 45.3 Å². The van der Waals surface area contributed by atoms with Crippen LogP contribution in [0.25, 0.3) is 0 Å². The zero-order valence-electron chi connectivity index (χ0n) is 23.0. The molecule has 0 fully saturated rings. The van der Waals surface area contributed by atoms with Gasteiger partial charge in [-0.2, -0.15) is 0 Å². The Bertz CT molecular complexity index is 1330. The van der Waals surface area contributed by atoms with E-state index in [1.807, 2.05) is 0 Å². The molecule has 0 radical (unpaired) electrons. The van der Waals surface area contributed by atoms with Crippen molar-refractivity contribution in [3.05, 3.63) is 75.5 Å². The van der Waals surface area contributed by atoms with E-state index in [1.165, 1.54) is 10.5 Å². The van der Waals surface area contributed by atoms with Gasteiger partial charge in [-0.05, 0) is 74.4 Å². The van der Waals surface area contributed by atoms with Gasteiger partial charge in [0.05, 0.1) is 13.0 Å². The number of carbonyl (C=O) groups excluding carboxylic acids is 3. The number of nitrogens with zero attached hydrogens (tertiary/aromatic N) is 2. The summed E-state index contributed by atoms with van der Waals surface area (Å²) in [6.07, 6.45) is 0.760. The lowest BCUT2D eigenvalue weighted by Crippen LogP contribution is -2.41. The molecule has 38 heavy (non-hydrogen) atoms. The summed E-state index contributed by atoms with van der Waals surface area (Å²) in [5.41, 5.74) is 6.71. The Morgan fingerprint density at radius 1 is 1.08 bits per heavy atom. The number of carbonyl (C=O) groups is 3. The van der Waals surface area contributed by atoms with E-state index in [4.69, 9.17) is 9.73 Å². The Kier molecular flexibility index (Phi) is 7.86. The van der Waals surface area contributed by atoms with Crippen LogP contribution < -0.4 is 0 Å². The van der Waals surface area contributed by atoms with Crippen LogP contribution in [0.15, 0.2) is 52.7 Å². The Labute approximate surface area is 224 Å². The van der Waals surface area contributed by atoms with Gasteiger partial charge in [0.1, 0.15) is 11.7 Å². The summed E-state index contributed by atoms with van der Waals surface area (Å²) in [5, 5.41) is 10.3. The van der Waals surface area contributed by atoms with Crippen molar-refractivity contribution in [3.8, 4) is 5.75 Å². The molecule has 0 saturated heterocycles. The third-order valence-electron chi connectivity index (χ3n) is 7.51.